The molecule has 0 spiro atoms. The van der Waals surface area contributed by atoms with E-state index in [0.29, 0.717) is 25.3 Å². The molecule has 0 unspecified atom stereocenters. The van der Waals surface area contributed by atoms with Gasteiger partial charge in [-0.2, -0.15) is 0 Å². The number of likely N-dealkylation sites (N-methyl/N-ethyl adjacent to an activating group) is 1. The number of carbonyl (C=O) groups excluding carboxylic acids is 2. The third-order valence-electron chi connectivity index (χ3n) is 4.28. The zero-order valence-corrected chi connectivity index (χ0v) is 12.7. The summed E-state index contributed by atoms with van der Waals surface area (Å²) in [5.41, 5.74) is 4.19. The molecule has 21 heavy (non-hydrogen) atoms. The Morgan fingerprint density at radius 1 is 1.33 bits per heavy atom. The molecule has 0 saturated heterocycles. The van der Waals surface area contributed by atoms with Gasteiger partial charge in [-0.05, 0) is 38.5 Å². The van der Waals surface area contributed by atoms with E-state index < -0.39 is 23.3 Å². The summed E-state index contributed by atoms with van der Waals surface area (Å²) in [6.45, 7) is 4.10. The SMILES string of the molecule is CCN(CC(N)=O)C(=O)NCC1(C(=O)O)CCC(C)CC1. The quantitative estimate of drug-likeness (QED) is 0.672. The van der Waals surface area contributed by atoms with Crippen LogP contribution in [0.2, 0.25) is 0 Å². The number of rotatable bonds is 6. The van der Waals surface area contributed by atoms with E-state index in [1.807, 2.05) is 0 Å². The zero-order valence-electron chi connectivity index (χ0n) is 12.7. The molecule has 0 radical (unpaired) electrons. The number of aliphatic carboxylic acids is 1. The average Bonchev–Trinajstić information content (AvgIpc) is 2.43. The first-order valence-electron chi connectivity index (χ1n) is 7.35. The fourth-order valence-corrected chi connectivity index (χ4v) is 2.65. The molecule has 0 aromatic rings. The number of urea groups is 1. The molecular weight excluding hydrogens is 274 g/mol. The first kappa shape index (κ1) is 17.3. The lowest BCUT2D eigenvalue weighted by molar-refractivity contribution is -0.151. The molecule has 0 aliphatic heterocycles. The van der Waals surface area contributed by atoms with E-state index >= 15 is 0 Å². The van der Waals surface area contributed by atoms with E-state index in [1.165, 1.54) is 4.90 Å². The van der Waals surface area contributed by atoms with E-state index in [2.05, 4.69) is 12.2 Å². The third kappa shape index (κ3) is 4.61. The molecule has 1 fully saturated rings. The van der Waals surface area contributed by atoms with Crippen LogP contribution in [0.5, 0.6) is 0 Å². The van der Waals surface area contributed by atoms with Crippen molar-refractivity contribution in [1.82, 2.24) is 10.2 Å². The minimum atomic E-state index is -0.895. The number of amides is 3. The normalized spacial score (nSPS) is 25.1. The van der Waals surface area contributed by atoms with Gasteiger partial charge in [0.25, 0.3) is 0 Å². The number of carboxylic acid groups (broad SMARTS) is 1. The highest BCUT2D eigenvalue weighted by Crippen LogP contribution is 2.38. The van der Waals surface area contributed by atoms with Crippen LogP contribution in [0.25, 0.3) is 0 Å². The largest absolute Gasteiger partial charge is 0.481 e. The molecule has 120 valence electrons. The molecule has 0 bridgehead atoms. The van der Waals surface area contributed by atoms with Crippen LogP contribution in [0, 0.1) is 11.3 Å². The van der Waals surface area contributed by atoms with Gasteiger partial charge < -0.3 is 21.1 Å². The van der Waals surface area contributed by atoms with Crippen molar-refractivity contribution in [2.24, 2.45) is 17.1 Å². The molecule has 7 nitrogen and oxygen atoms in total. The van der Waals surface area contributed by atoms with Gasteiger partial charge in [-0.15, -0.1) is 0 Å². The minimum Gasteiger partial charge on any atom is -0.481 e. The first-order valence-corrected chi connectivity index (χ1v) is 7.35. The lowest BCUT2D eigenvalue weighted by atomic mass is 9.71. The maximum atomic E-state index is 12.0. The number of nitrogens with zero attached hydrogens (tertiary/aromatic N) is 1. The Morgan fingerprint density at radius 3 is 2.33 bits per heavy atom. The lowest BCUT2D eigenvalue weighted by Crippen LogP contribution is -2.50. The Morgan fingerprint density at radius 2 is 1.90 bits per heavy atom. The molecule has 1 aliphatic carbocycles. The number of hydrogen-bond acceptors (Lipinski definition) is 3. The van der Waals surface area contributed by atoms with Gasteiger partial charge in [0, 0.05) is 13.1 Å². The van der Waals surface area contributed by atoms with Gasteiger partial charge in [-0.1, -0.05) is 6.92 Å². The van der Waals surface area contributed by atoms with Gasteiger partial charge in [0.15, 0.2) is 0 Å². The van der Waals surface area contributed by atoms with Gasteiger partial charge in [0.05, 0.1) is 5.41 Å². The number of nitrogens with two attached hydrogens (primary N) is 1. The maximum absolute atomic E-state index is 12.0. The molecule has 4 N–H and O–H groups in total. The van der Waals surface area contributed by atoms with Crippen LogP contribution in [-0.4, -0.2) is 47.5 Å². The zero-order chi connectivity index (χ0) is 16.0. The van der Waals surface area contributed by atoms with E-state index in [0.717, 1.165) is 12.8 Å². The summed E-state index contributed by atoms with van der Waals surface area (Å²) in [6, 6.07) is -0.449. The number of carboxylic acids is 1. The Hall–Kier alpha value is -1.79. The molecule has 7 heteroatoms. The molecule has 0 aromatic carbocycles. The predicted molar refractivity (Wildman–Crippen MR) is 77.5 cm³/mol. The van der Waals surface area contributed by atoms with E-state index in [-0.39, 0.29) is 13.1 Å². The van der Waals surface area contributed by atoms with Gasteiger partial charge in [-0.3, -0.25) is 9.59 Å². The highest BCUT2D eigenvalue weighted by molar-refractivity contribution is 5.83. The standard InChI is InChI=1S/C14H25N3O4/c1-3-17(8-11(15)18)13(21)16-9-14(12(19)20)6-4-10(2)5-7-14/h10H,3-9H2,1-2H3,(H2,15,18)(H,16,21)(H,19,20). The first-order chi connectivity index (χ1) is 9.80. The number of hydrogen-bond donors (Lipinski definition) is 3. The number of primary amides is 1. The van der Waals surface area contributed by atoms with Crippen molar-refractivity contribution >= 4 is 17.9 Å². The van der Waals surface area contributed by atoms with E-state index in [4.69, 9.17) is 5.73 Å². The average molecular weight is 299 g/mol. The van der Waals surface area contributed by atoms with Crippen molar-refractivity contribution in [3.05, 3.63) is 0 Å². The van der Waals surface area contributed by atoms with Crippen molar-refractivity contribution < 1.29 is 19.5 Å². The number of carbonyl (C=O) groups is 3. The highest BCUT2D eigenvalue weighted by atomic mass is 16.4. The van der Waals surface area contributed by atoms with Crippen molar-refractivity contribution in [3.63, 3.8) is 0 Å². The van der Waals surface area contributed by atoms with Crippen molar-refractivity contribution in [2.75, 3.05) is 19.6 Å². The summed E-state index contributed by atoms with van der Waals surface area (Å²) in [5, 5.41) is 12.1. The van der Waals surface area contributed by atoms with Crippen molar-refractivity contribution in [1.29, 1.82) is 0 Å². The summed E-state index contributed by atoms with van der Waals surface area (Å²) >= 11 is 0. The second-order valence-corrected chi connectivity index (χ2v) is 5.91. The molecular formula is C14H25N3O4. The minimum absolute atomic E-state index is 0.0865. The van der Waals surface area contributed by atoms with Gasteiger partial charge in [0.2, 0.25) is 5.91 Å². The lowest BCUT2D eigenvalue weighted by Gasteiger charge is -2.36. The molecule has 0 atom stereocenters. The summed E-state index contributed by atoms with van der Waals surface area (Å²) in [4.78, 5) is 35.7. The monoisotopic (exact) mass is 299 g/mol. The van der Waals surface area contributed by atoms with Crippen LogP contribution in [0.1, 0.15) is 39.5 Å². The summed E-state index contributed by atoms with van der Waals surface area (Å²) in [6.07, 6.45) is 2.82. The fraction of sp³-hybridized carbons (Fsp3) is 0.786. The number of nitrogens with one attached hydrogen (secondary N) is 1. The van der Waals surface area contributed by atoms with Crippen LogP contribution < -0.4 is 11.1 Å². The van der Waals surface area contributed by atoms with Gasteiger partial charge in [0.1, 0.15) is 6.54 Å². The Bertz CT molecular complexity index is 403. The van der Waals surface area contributed by atoms with Crippen molar-refractivity contribution in [3.8, 4) is 0 Å². The van der Waals surface area contributed by atoms with E-state index in [1.54, 1.807) is 6.92 Å². The predicted octanol–water partition coefficient (Wildman–Crippen LogP) is 0.784. The second-order valence-electron chi connectivity index (χ2n) is 5.91. The maximum Gasteiger partial charge on any atom is 0.317 e. The fourth-order valence-electron chi connectivity index (χ4n) is 2.65. The van der Waals surface area contributed by atoms with Crippen LogP contribution in [0.4, 0.5) is 4.79 Å². The third-order valence-corrected chi connectivity index (χ3v) is 4.28. The van der Waals surface area contributed by atoms with E-state index in [9.17, 15) is 19.5 Å². The van der Waals surface area contributed by atoms with Gasteiger partial charge in [-0.25, -0.2) is 4.79 Å². The van der Waals surface area contributed by atoms with Crippen LogP contribution in [-0.2, 0) is 9.59 Å². The topological polar surface area (TPSA) is 113 Å². The summed E-state index contributed by atoms with van der Waals surface area (Å²) in [5.74, 6) is -0.936. The van der Waals surface area contributed by atoms with Crippen LogP contribution >= 0.6 is 0 Å². The molecule has 0 heterocycles. The highest BCUT2D eigenvalue weighted by Gasteiger charge is 2.41. The second kappa shape index (κ2) is 7.28. The molecule has 1 saturated carbocycles. The summed E-state index contributed by atoms with van der Waals surface area (Å²) < 4.78 is 0. The summed E-state index contributed by atoms with van der Waals surface area (Å²) in [7, 11) is 0. The smallest absolute Gasteiger partial charge is 0.317 e. The molecule has 0 aromatic heterocycles. The van der Waals surface area contributed by atoms with Crippen molar-refractivity contribution in [2.45, 2.75) is 39.5 Å². The van der Waals surface area contributed by atoms with Crippen LogP contribution in [0.15, 0.2) is 0 Å². The molecule has 3 amide bonds. The Kier molecular flexibility index (Phi) is 5.99. The Labute approximate surface area is 124 Å². The Balaban J connectivity index is 2.63. The van der Waals surface area contributed by atoms with Gasteiger partial charge >= 0.3 is 12.0 Å². The van der Waals surface area contributed by atoms with Crippen LogP contribution in [0.3, 0.4) is 0 Å². The molecule has 1 rings (SSSR count). The molecule has 1 aliphatic rings.